The summed E-state index contributed by atoms with van der Waals surface area (Å²) in [5.74, 6) is 0.147. The molecule has 3 aromatic rings. The number of pyridine rings is 1. The lowest BCUT2D eigenvalue weighted by Gasteiger charge is -2.44. The summed E-state index contributed by atoms with van der Waals surface area (Å²) in [4.78, 5) is 29.0. The predicted molar refractivity (Wildman–Crippen MR) is 144 cm³/mol. The largest absolute Gasteiger partial charge is 0.494 e. The van der Waals surface area contributed by atoms with Crippen LogP contribution < -0.4 is 21.1 Å². The van der Waals surface area contributed by atoms with Gasteiger partial charge in [-0.05, 0) is 31.2 Å². The van der Waals surface area contributed by atoms with E-state index in [0.717, 1.165) is 36.8 Å². The van der Waals surface area contributed by atoms with Crippen molar-refractivity contribution in [2.45, 2.75) is 44.4 Å². The number of para-hydroxylation sites is 1. The summed E-state index contributed by atoms with van der Waals surface area (Å²) in [6.45, 7) is 3.32. The molecule has 1 atom stereocenters. The third-order valence-electron chi connectivity index (χ3n) is 7.94. The molecule has 2 saturated carbocycles. The predicted octanol–water partition coefficient (Wildman–Crippen LogP) is 3.86. The highest BCUT2D eigenvalue weighted by atomic mass is 16.7. The van der Waals surface area contributed by atoms with E-state index in [1.54, 1.807) is 19.4 Å². The fourth-order valence-electron chi connectivity index (χ4n) is 5.69. The molecule has 3 aliphatic rings. The van der Waals surface area contributed by atoms with Gasteiger partial charge in [-0.2, -0.15) is 5.10 Å². The van der Waals surface area contributed by atoms with E-state index in [0.29, 0.717) is 42.1 Å². The van der Waals surface area contributed by atoms with Gasteiger partial charge in [0.15, 0.2) is 5.79 Å². The van der Waals surface area contributed by atoms with Gasteiger partial charge >= 0.3 is 0 Å². The molecule has 11 heteroatoms. The molecule has 2 aliphatic carbocycles. The lowest BCUT2D eigenvalue weighted by Crippen LogP contribution is -2.49. The minimum Gasteiger partial charge on any atom is -0.494 e. The summed E-state index contributed by atoms with van der Waals surface area (Å²) in [5, 5.41) is 10.7. The summed E-state index contributed by atoms with van der Waals surface area (Å²) < 4.78 is 19.5. The van der Waals surface area contributed by atoms with Crippen LogP contribution in [0.4, 0.5) is 17.2 Å². The van der Waals surface area contributed by atoms with Gasteiger partial charge in [0.25, 0.3) is 5.91 Å². The second kappa shape index (κ2) is 9.97. The summed E-state index contributed by atoms with van der Waals surface area (Å²) in [7, 11) is 1.59. The van der Waals surface area contributed by atoms with Crippen LogP contribution in [0.5, 0.6) is 5.75 Å². The highest BCUT2D eigenvalue weighted by Gasteiger charge is 2.53. The number of rotatable bonds is 8. The molecule has 0 unspecified atom stereocenters. The normalized spacial score (nSPS) is 23.1. The maximum atomic E-state index is 12.6. The van der Waals surface area contributed by atoms with Crippen molar-refractivity contribution in [1.82, 2.24) is 14.8 Å². The van der Waals surface area contributed by atoms with Gasteiger partial charge in [-0.1, -0.05) is 19.1 Å². The van der Waals surface area contributed by atoms with Gasteiger partial charge in [-0.15, -0.1) is 0 Å². The Labute approximate surface area is 226 Å². The van der Waals surface area contributed by atoms with E-state index in [9.17, 15) is 9.59 Å². The molecule has 3 heterocycles. The van der Waals surface area contributed by atoms with Crippen molar-refractivity contribution in [1.29, 1.82) is 0 Å². The molecule has 11 nitrogen and oxygen atoms in total. The number of benzene rings is 1. The van der Waals surface area contributed by atoms with E-state index in [2.05, 4.69) is 27.6 Å². The number of hydrogen-bond acceptors (Lipinski definition) is 8. The molecule has 6 rings (SSSR count). The third-order valence-corrected chi connectivity index (χ3v) is 7.94. The summed E-state index contributed by atoms with van der Waals surface area (Å²) in [6.07, 6.45) is 8.62. The summed E-state index contributed by atoms with van der Waals surface area (Å²) in [6, 6.07) is 7.30. The fraction of sp³-hybridized carbons (Fsp3) is 0.429. The molecule has 2 aromatic heterocycles. The number of primary amides is 1. The number of nitrogens with zero attached hydrogens (tertiary/aromatic N) is 3. The van der Waals surface area contributed by atoms with Crippen LogP contribution in [0.25, 0.3) is 11.1 Å². The van der Waals surface area contributed by atoms with Crippen LogP contribution in [0.1, 0.15) is 49.0 Å². The lowest BCUT2D eigenvalue weighted by molar-refractivity contribution is -0.242. The van der Waals surface area contributed by atoms with Gasteiger partial charge in [-0.3, -0.25) is 14.3 Å². The van der Waals surface area contributed by atoms with Crippen LogP contribution in [-0.2, 0) is 14.3 Å². The maximum absolute atomic E-state index is 12.6. The van der Waals surface area contributed by atoms with E-state index in [1.807, 2.05) is 29.1 Å². The van der Waals surface area contributed by atoms with Crippen molar-refractivity contribution in [3.63, 3.8) is 0 Å². The van der Waals surface area contributed by atoms with Gasteiger partial charge < -0.3 is 30.6 Å². The molecule has 0 radical (unpaired) electrons. The Morgan fingerprint density at radius 3 is 2.64 bits per heavy atom. The fourth-order valence-corrected chi connectivity index (χ4v) is 5.69. The lowest BCUT2D eigenvalue weighted by atomic mass is 9.76. The molecule has 3 fully saturated rings. The van der Waals surface area contributed by atoms with Crippen LogP contribution in [0.2, 0.25) is 0 Å². The molecule has 0 bridgehead atoms. The Morgan fingerprint density at radius 2 is 1.97 bits per heavy atom. The van der Waals surface area contributed by atoms with E-state index in [1.165, 1.54) is 6.20 Å². The maximum Gasteiger partial charge on any atom is 0.252 e. The van der Waals surface area contributed by atoms with E-state index in [-0.39, 0.29) is 23.4 Å². The molecule has 1 saturated heterocycles. The molecule has 1 aromatic carbocycles. The quantitative estimate of drug-likeness (QED) is 0.397. The number of anilines is 3. The molecule has 1 aliphatic heterocycles. The number of aromatic nitrogens is 3. The van der Waals surface area contributed by atoms with Gasteiger partial charge in [0, 0.05) is 41.9 Å². The Hall–Kier alpha value is -3.96. The Balaban J connectivity index is 1.27. The Kier molecular flexibility index (Phi) is 6.48. The molecular weight excluding hydrogens is 500 g/mol. The molecule has 39 heavy (non-hydrogen) atoms. The average molecular weight is 533 g/mol. The van der Waals surface area contributed by atoms with Gasteiger partial charge in [0.2, 0.25) is 5.91 Å². The first-order valence-electron chi connectivity index (χ1n) is 13.2. The SMILES string of the molecule is COc1c(Nc2cc(NC(=O)C3CC(C)C3)ncc2C(N)=O)cccc1-c1cnn([C@H]2CCC23OCCO3)c1. The second-order valence-electron chi connectivity index (χ2n) is 10.5. The average Bonchev–Trinajstić information content (AvgIpc) is 3.58. The first-order chi connectivity index (χ1) is 18.9. The number of carbonyl (C=O) groups is 2. The van der Waals surface area contributed by atoms with Gasteiger partial charge in [0.05, 0.1) is 43.5 Å². The Morgan fingerprint density at radius 1 is 1.18 bits per heavy atom. The van der Waals surface area contributed by atoms with Crippen molar-refractivity contribution in [2.24, 2.45) is 17.6 Å². The number of nitrogens with two attached hydrogens (primary N) is 1. The highest BCUT2D eigenvalue weighted by molar-refractivity contribution is 6.01. The van der Waals surface area contributed by atoms with Gasteiger partial charge in [-0.25, -0.2) is 4.98 Å². The first-order valence-corrected chi connectivity index (χ1v) is 13.2. The van der Waals surface area contributed by atoms with Crippen molar-refractivity contribution < 1.29 is 23.8 Å². The zero-order chi connectivity index (χ0) is 27.1. The number of amides is 2. The number of carbonyl (C=O) groups excluding carboxylic acids is 2. The first kappa shape index (κ1) is 25.3. The minimum absolute atomic E-state index is 0.0201. The topological polar surface area (TPSA) is 143 Å². The third kappa shape index (κ3) is 4.61. The van der Waals surface area contributed by atoms with Crippen LogP contribution >= 0.6 is 0 Å². The second-order valence-corrected chi connectivity index (χ2v) is 10.5. The van der Waals surface area contributed by atoms with E-state index < -0.39 is 11.7 Å². The molecule has 1 spiro atoms. The summed E-state index contributed by atoms with van der Waals surface area (Å²) >= 11 is 0. The molecule has 2 amide bonds. The van der Waals surface area contributed by atoms with Crippen LogP contribution in [0.3, 0.4) is 0 Å². The number of ether oxygens (including phenoxy) is 3. The van der Waals surface area contributed by atoms with Gasteiger partial charge in [0.1, 0.15) is 17.6 Å². The number of nitrogens with one attached hydrogen (secondary N) is 2. The molecule has 204 valence electrons. The highest BCUT2D eigenvalue weighted by Crippen LogP contribution is 2.49. The van der Waals surface area contributed by atoms with E-state index >= 15 is 0 Å². The number of hydrogen-bond donors (Lipinski definition) is 3. The van der Waals surface area contributed by atoms with Crippen LogP contribution in [0, 0.1) is 11.8 Å². The zero-order valence-corrected chi connectivity index (χ0v) is 22.0. The minimum atomic E-state index is -0.641. The van der Waals surface area contributed by atoms with E-state index in [4.69, 9.17) is 19.9 Å². The van der Waals surface area contributed by atoms with Crippen LogP contribution in [0.15, 0.2) is 42.9 Å². The standard InChI is InChI=1S/C28H32N6O5/c1-16-10-17(11-16)27(36)33-24-12-22(20(14-30-24)26(29)35)32-21-5-3-4-19(25(21)37-2)18-13-31-34(15-18)23-6-7-28(23)38-8-9-39-28/h3-5,12-17,23H,6-11H2,1-2H3,(H2,29,35)(H2,30,32,33,36)/t16?,17?,23-/m0/s1. The number of methoxy groups -OCH3 is 1. The van der Waals surface area contributed by atoms with Crippen molar-refractivity contribution in [2.75, 3.05) is 31.0 Å². The van der Waals surface area contributed by atoms with Crippen LogP contribution in [-0.4, -0.2) is 52.7 Å². The van der Waals surface area contributed by atoms with Crippen molar-refractivity contribution in [3.8, 4) is 16.9 Å². The Bertz CT molecular complexity index is 1410. The smallest absolute Gasteiger partial charge is 0.252 e. The van der Waals surface area contributed by atoms with Crippen molar-refractivity contribution >= 4 is 29.0 Å². The van der Waals surface area contributed by atoms with Crippen molar-refractivity contribution in [3.05, 3.63) is 48.4 Å². The molecule has 4 N–H and O–H groups in total. The zero-order valence-electron chi connectivity index (χ0n) is 22.0. The summed E-state index contributed by atoms with van der Waals surface area (Å²) in [5.41, 5.74) is 8.53. The monoisotopic (exact) mass is 532 g/mol. The molecular formula is C28H32N6O5.